The maximum absolute atomic E-state index is 11.8. The number of rotatable bonds is 2. The number of hydrogen-bond donors (Lipinski definition) is 0. The lowest BCUT2D eigenvalue weighted by Crippen LogP contribution is -2.23. The predicted molar refractivity (Wildman–Crippen MR) is 54.6 cm³/mol. The fourth-order valence-corrected chi connectivity index (χ4v) is 1.87. The summed E-state index contributed by atoms with van der Waals surface area (Å²) in [6.45, 7) is 2.06. The Hall–Kier alpha value is -1.64. The first-order valence-electron chi connectivity index (χ1n) is 5.02. The number of benzene rings is 1. The van der Waals surface area contributed by atoms with Gasteiger partial charge in [0.25, 0.3) is 0 Å². The lowest BCUT2D eigenvalue weighted by Gasteiger charge is -2.05. The van der Waals surface area contributed by atoms with Gasteiger partial charge in [0.05, 0.1) is 6.61 Å². The molecule has 1 aliphatic carbocycles. The molecule has 0 fully saturated rings. The van der Waals surface area contributed by atoms with Crippen molar-refractivity contribution in [2.24, 2.45) is 5.92 Å². The van der Waals surface area contributed by atoms with Gasteiger partial charge in [-0.1, -0.05) is 24.3 Å². The lowest BCUT2D eigenvalue weighted by atomic mass is 10.1. The Labute approximate surface area is 88.1 Å². The molecule has 0 saturated carbocycles. The monoisotopic (exact) mass is 204 g/mol. The summed E-state index contributed by atoms with van der Waals surface area (Å²) < 4.78 is 4.87. The second-order valence-corrected chi connectivity index (χ2v) is 3.53. The first-order valence-corrected chi connectivity index (χ1v) is 5.02. The van der Waals surface area contributed by atoms with Crippen molar-refractivity contribution >= 4 is 11.8 Å². The van der Waals surface area contributed by atoms with Crippen LogP contribution < -0.4 is 0 Å². The van der Waals surface area contributed by atoms with Gasteiger partial charge < -0.3 is 4.74 Å². The molecule has 0 saturated heterocycles. The third-order valence-electron chi connectivity index (χ3n) is 2.59. The van der Waals surface area contributed by atoms with Crippen LogP contribution in [0.25, 0.3) is 0 Å². The molecule has 0 N–H and O–H groups in total. The third kappa shape index (κ3) is 1.65. The largest absolute Gasteiger partial charge is 0.465 e. The average molecular weight is 204 g/mol. The molecular formula is C12H12O3. The maximum atomic E-state index is 11.8. The first-order chi connectivity index (χ1) is 7.24. The van der Waals surface area contributed by atoms with Gasteiger partial charge in [-0.3, -0.25) is 9.59 Å². The zero-order chi connectivity index (χ0) is 10.8. The van der Waals surface area contributed by atoms with Crippen LogP contribution in [0.5, 0.6) is 0 Å². The second-order valence-electron chi connectivity index (χ2n) is 3.53. The van der Waals surface area contributed by atoms with Crippen molar-refractivity contribution in [2.45, 2.75) is 13.3 Å². The van der Waals surface area contributed by atoms with Gasteiger partial charge in [-0.2, -0.15) is 0 Å². The van der Waals surface area contributed by atoms with E-state index in [0.29, 0.717) is 18.6 Å². The molecule has 3 nitrogen and oxygen atoms in total. The molecule has 15 heavy (non-hydrogen) atoms. The molecule has 1 aliphatic rings. The summed E-state index contributed by atoms with van der Waals surface area (Å²) in [5.41, 5.74) is 1.61. The number of ether oxygens (including phenoxy) is 1. The minimum atomic E-state index is -0.623. The molecule has 0 bridgehead atoms. The second kappa shape index (κ2) is 3.85. The van der Waals surface area contributed by atoms with Crippen LogP contribution in [-0.4, -0.2) is 18.4 Å². The standard InChI is InChI=1S/C12H12O3/c1-2-15-12(14)10-7-8-5-3-4-6-9(8)11(10)13/h3-6,10H,2,7H2,1H3/t10-/m0/s1. The number of hydrogen-bond acceptors (Lipinski definition) is 3. The number of ketones is 1. The highest BCUT2D eigenvalue weighted by molar-refractivity contribution is 6.12. The van der Waals surface area contributed by atoms with Crippen LogP contribution in [0.1, 0.15) is 22.8 Å². The van der Waals surface area contributed by atoms with E-state index >= 15 is 0 Å². The lowest BCUT2D eigenvalue weighted by molar-refractivity contribution is -0.145. The topological polar surface area (TPSA) is 43.4 Å². The fraction of sp³-hybridized carbons (Fsp3) is 0.333. The van der Waals surface area contributed by atoms with Gasteiger partial charge in [-0.05, 0) is 18.9 Å². The zero-order valence-electron chi connectivity index (χ0n) is 8.53. The van der Waals surface area contributed by atoms with E-state index in [0.717, 1.165) is 5.56 Å². The minimum absolute atomic E-state index is 0.107. The van der Waals surface area contributed by atoms with Gasteiger partial charge >= 0.3 is 5.97 Å². The molecule has 0 aromatic heterocycles. The Morgan fingerprint density at radius 3 is 2.87 bits per heavy atom. The Morgan fingerprint density at radius 2 is 2.20 bits per heavy atom. The van der Waals surface area contributed by atoms with E-state index in [9.17, 15) is 9.59 Å². The Kier molecular flexibility index (Phi) is 2.54. The normalized spacial score (nSPS) is 18.7. The number of carbonyl (C=O) groups is 2. The Balaban J connectivity index is 2.24. The summed E-state index contributed by atoms with van der Waals surface area (Å²) in [7, 11) is 0. The van der Waals surface area contributed by atoms with Crippen LogP contribution in [0.15, 0.2) is 24.3 Å². The van der Waals surface area contributed by atoms with Crippen LogP contribution in [0.3, 0.4) is 0 Å². The van der Waals surface area contributed by atoms with Gasteiger partial charge in [0.1, 0.15) is 5.92 Å². The summed E-state index contributed by atoms with van der Waals surface area (Å²) in [4.78, 5) is 23.3. The predicted octanol–water partition coefficient (Wildman–Crippen LogP) is 1.60. The van der Waals surface area contributed by atoms with E-state index in [2.05, 4.69) is 0 Å². The van der Waals surface area contributed by atoms with E-state index in [1.54, 1.807) is 13.0 Å². The van der Waals surface area contributed by atoms with Crippen molar-refractivity contribution in [2.75, 3.05) is 6.61 Å². The molecule has 78 valence electrons. The molecule has 2 rings (SSSR count). The van der Waals surface area contributed by atoms with Crippen LogP contribution in [0.4, 0.5) is 0 Å². The molecule has 3 heteroatoms. The quantitative estimate of drug-likeness (QED) is 0.543. The van der Waals surface area contributed by atoms with Gasteiger partial charge in [0, 0.05) is 5.56 Å². The van der Waals surface area contributed by atoms with Crippen molar-refractivity contribution in [1.82, 2.24) is 0 Å². The van der Waals surface area contributed by atoms with Crippen LogP contribution in [0, 0.1) is 5.92 Å². The van der Waals surface area contributed by atoms with Crippen molar-refractivity contribution in [1.29, 1.82) is 0 Å². The number of fused-ring (bicyclic) bond motifs is 1. The highest BCUT2D eigenvalue weighted by atomic mass is 16.5. The molecular weight excluding hydrogens is 192 g/mol. The molecule has 0 unspecified atom stereocenters. The molecule has 0 aliphatic heterocycles. The summed E-state index contributed by atoms with van der Waals surface area (Å²) >= 11 is 0. The summed E-state index contributed by atoms with van der Waals surface area (Å²) in [5.74, 6) is -1.13. The van der Waals surface area contributed by atoms with E-state index in [1.807, 2.05) is 18.2 Å². The molecule has 0 amide bonds. The summed E-state index contributed by atoms with van der Waals surface area (Å²) in [6.07, 6.45) is 0.480. The SMILES string of the molecule is CCOC(=O)[C@H]1Cc2ccccc2C1=O. The van der Waals surface area contributed by atoms with Gasteiger partial charge in [-0.15, -0.1) is 0 Å². The van der Waals surface area contributed by atoms with E-state index in [1.165, 1.54) is 0 Å². The number of carbonyl (C=O) groups excluding carboxylic acids is 2. The smallest absolute Gasteiger partial charge is 0.317 e. The van der Waals surface area contributed by atoms with Crippen molar-refractivity contribution in [3.8, 4) is 0 Å². The van der Waals surface area contributed by atoms with E-state index in [4.69, 9.17) is 4.74 Å². The van der Waals surface area contributed by atoms with Crippen molar-refractivity contribution in [3.05, 3.63) is 35.4 Å². The highest BCUT2D eigenvalue weighted by Gasteiger charge is 2.36. The molecule has 1 atom stereocenters. The van der Waals surface area contributed by atoms with Crippen molar-refractivity contribution in [3.63, 3.8) is 0 Å². The minimum Gasteiger partial charge on any atom is -0.465 e. The zero-order valence-corrected chi connectivity index (χ0v) is 8.53. The third-order valence-corrected chi connectivity index (χ3v) is 2.59. The molecule has 0 heterocycles. The van der Waals surface area contributed by atoms with Crippen LogP contribution in [-0.2, 0) is 16.0 Å². The van der Waals surface area contributed by atoms with Crippen LogP contribution >= 0.6 is 0 Å². The fourth-order valence-electron chi connectivity index (χ4n) is 1.87. The van der Waals surface area contributed by atoms with Gasteiger partial charge in [0.2, 0.25) is 0 Å². The highest BCUT2D eigenvalue weighted by Crippen LogP contribution is 2.27. The van der Waals surface area contributed by atoms with Gasteiger partial charge in [0.15, 0.2) is 5.78 Å². The van der Waals surface area contributed by atoms with Crippen LogP contribution in [0.2, 0.25) is 0 Å². The maximum Gasteiger partial charge on any atom is 0.317 e. The first kappa shape index (κ1) is 9.90. The summed E-state index contributed by atoms with van der Waals surface area (Å²) in [5, 5.41) is 0. The number of Topliss-reactive ketones (excluding diaryl/α,β-unsaturated/α-hetero) is 1. The summed E-state index contributed by atoms with van der Waals surface area (Å²) in [6, 6.07) is 7.33. The molecule has 0 radical (unpaired) electrons. The molecule has 0 spiro atoms. The van der Waals surface area contributed by atoms with Gasteiger partial charge in [-0.25, -0.2) is 0 Å². The van der Waals surface area contributed by atoms with E-state index in [-0.39, 0.29) is 5.78 Å². The Bertz CT molecular complexity index is 409. The Morgan fingerprint density at radius 1 is 1.47 bits per heavy atom. The molecule has 1 aromatic rings. The molecule has 1 aromatic carbocycles. The average Bonchev–Trinajstić information content (AvgIpc) is 2.57. The number of esters is 1. The van der Waals surface area contributed by atoms with Crippen molar-refractivity contribution < 1.29 is 14.3 Å². The van der Waals surface area contributed by atoms with E-state index < -0.39 is 11.9 Å².